The minimum absolute atomic E-state index is 0.123. The Morgan fingerprint density at radius 2 is 1.56 bits per heavy atom. The summed E-state index contributed by atoms with van der Waals surface area (Å²) in [6, 6.07) is 14.6. The third-order valence-electron chi connectivity index (χ3n) is 2.73. The summed E-state index contributed by atoms with van der Waals surface area (Å²) in [5.41, 5.74) is 0.522. The number of aliphatic carboxylic acids is 1. The van der Waals surface area contributed by atoms with Crippen molar-refractivity contribution in [1.29, 1.82) is 0 Å². The fourth-order valence-electron chi connectivity index (χ4n) is 1.63. The number of nitro benzene ring substituents is 1. The van der Waals surface area contributed by atoms with Crippen molar-refractivity contribution in [3.05, 3.63) is 70.3 Å². The van der Waals surface area contributed by atoms with Crippen molar-refractivity contribution in [3.63, 3.8) is 0 Å². The van der Waals surface area contributed by atoms with E-state index in [-0.39, 0.29) is 17.3 Å². The first-order valence-corrected chi connectivity index (χ1v) is 7.93. The van der Waals surface area contributed by atoms with Gasteiger partial charge in [-0.25, -0.2) is 4.79 Å². The summed E-state index contributed by atoms with van der Waals surface area (Å²) in [5.74, 6) is -3.95. The molecule has 0 aliphatic heterocycles. The van der Waals surface area contributed by atoms with Crippen LogP contribution in [0, 0.1) is 10.1 Å². The van der Waals surface area contributed by atoms with E-state index in [1.165, 1.54) is 12.1 Å². The van der Waals surface area contributed by atoms with Crippen LogP contribution in [0.1, 0.15) is 10.4 Å². The van der Waals surface area contributed by atoms with Gasteiger partial charge in [0, 0.05) is 11.6 Å². The summed E-state index contributed by atoms with van der Waals surface area (Å²) >= 11 is 0. The molecule has 27 heavy (non-hydrogen) atoms. The average Bonchev–Trinajstić information content (AvgIpc) is 2.62. The standard InChI is InChI=1S/C13H10N2O3.C2HNO5S/c16-13(10-6-2-1-3-7-10)14-11-8-4-5-9-12(11)15(17)18;4-1(2(5)6)3-9(7)8/h1-9H,(H,14,16);(H,5,6). The summed E-state index contributed by atoms with van der Waals surface area (Å²) in [6.07, 6.45) is 0. The molecule has 0 aliphatic rings. The normalized spacial score (nSPS) is 9.19. The molecule has 2 aromatic rings. The third-order valence-corrected chi connectivity index (χ3v) is 3.04. The molecule has 2 aromatic carbocycles. The van der Waals surface area contributed by atoms with Crippen molar-refractivity contribution in [2.24, 2.45) is 4.36 Å². The van der Waals surface area contributed by atoms with Gasteiger partial charge in [-0.2, -0.15) is 8.42 Å². The van der Waals surface area contributed by atoms with Gasteiger partial charge < -0.3 is 10.4 Å². The largest absolute Gasteiger partial charge is 0.474 e. The van der Waals surface area contributed by atoms with Gasteiger partial charge in [0.15, 0.2) is 0 Å². The molecule has 0 spiro atoms. The number of nitro groups is 1. The van der Waals surface area contributed by atoms with Gasteiger partial charge in [-0.3, -0.25) is 19.7 Å². The van der Waals surface area contributed by atoms with Gasteiger partial charge in [-0.15, -0.1) is 0 Å². The number of hydrogen-bond acceptors (Lipinski definition) is 7. The van der Waals surface area contributed by atoms with E-state index in [0.717, 1.165) is 0 Å². The smallest absolute Gasteiger partial charge is 0.397 e. The van der Waals surface area contributed by atoms with E-state index in [2.05, 4.69) is 9.68 Å². The Morgan fingerprint density at radius 1 is 1.00 bits per heavy atom. The van der Waals surface area contributed by atoms with Gasteiger partial charge in [0.05, 0.1) is 4.92 Å². The molecule has 0 saturated heterocycles. The molecule has 2 N–H and O–H groups in total. The zero-order chi connectivity index (χ0) is 20.4. The van der Waals surface area contributed by atoms with Crippen molar-refractivity contribution in [2.75, 3.05) is 5.32 Å². The van der Waals surface area contributed by atoms with Crippen LogP contribution in [0.3, 0.4) is 0 Å². The summed E-state index contributed by atoms with van der Waals surface area (Å²) in [5, 5.41) is 21.0. The number of carbonyl (C=O) groups is 3. The topological polar surface area (TPSA) is 173 Å². The summed E-state index contributed by atoms with van der Waals surface area (Å²) in [4.78, 5) is 41.4. The number of carboxylic acid groups (broad SMARTS) is 1. The van der Waals surface area contributed by atoms with Crippen molar-refractivity contribution >= 4 is 39.7 Å². The number of rotatable bonds is 3. The van der Waals surface area contributed by atoms with Crippen LogP contribution in [0.15, 0.2) is 59.0 Å². The van der Waals surface area contributed by atoms with Crippen molar-refractivity contribution in [1.82, 2.24) is 0 Å². The van der Waals surface area contributed by atoms with Crippen LogP contribution >= 0.6 is 0 Å². The fourth-order valence-corrected chi connectivity index (χ4v) is 1.84. The molecule has 12 heteroatoms. The van der Waals surface area contributed by atoms with Crippen LogP contribution in [-0.2, 0) is 20.1 Å². The predicted molar refractivity (Wildman–Crippen MR) is 91.5 cm³/mol. The van der Waals surface area contributed by atoms with E-state index >= 15 is 0 Å². The van der Waals surface area contributed by atoms with Crippen LogP contribution < -0.4 is 5.32 Å². The van der Waals surface area contributed by atoms with E-state index in [9.17, 15) is 32.9 Å². The number of nitrogens with one attached hydrogen (secondary N) is 1. The summed E-state index contributed by atoms with van der Waals surface area (Å²) in [6.45, 7) is 0. The molecular formula is C15H11N3O8S. The molecule has 0 heterocycles. The molecule has 2 rings (SSSR count). The molecule has 0 fully saturated rings. The zero-order valence-electron chi connectivity index (χ0n) is 13.3. The van der Waals surface area contributed by atoms with E-state index in [1.807, 2.05) is 0 Å². The number of hydrogen-bond donors (Lipinski definition) is 2. The molecule has 11 nitrogen and oxygen atoms in total. The second-order valence-electron chi connectivity index (χ2n) is 4.51. The number of benzene rings is 2. The average molecular weight is 393 g/mol. The maximum atomic E-state index is 11.9. The summed E-state index contributed by atoms with van der Waals surface area (Å²) < 4.78 is 21.1. The summed E-state index contributed by atoms with van der Waals surface area (Å²) in [7, 11) is -2.97. The van der Waals surface area contributed by atoms with Gasteiger partial charge >= 0.3 is 22.4 Å². The molecule has 0 aromatic heterocycles. The number of anilines is 1. The Kier molecular flexibility index (Phi) is 7.94. The fraction of sp³-hybridized carbons (Fsp3) is 0. The second kappa shape index (κ2) is 10.1. The minimum Gasteiger partial charge on any atom is -0.474 e. The molecular weight excluding hydrogens is 382 g/mol. The van der Waals surface area contributed by atoms with Crippen molar-refractivity contribution in [2.45, 2.75) is 0 Å². The second-order valence-corrected chi connectivity index (χ2v) is 5.13. The molecule has 0 radical (unpaired) electrons. The quantitative estimate of drug-likeness (QED) is 0.448. The molecule has 2 amide bonds. The molecule has 0 atom stereocenters. The lowest BCUT2D eigenvalue weighted by Gasteiger charge is -2.05. The highest BCUT2D eigenvalue weighted by Gasteiger charge is 2.15. The maximum absolute atomic E-state index is 11.9. The highest BCUT2D eigenvalue weighted by molar-refractivity contribution is 7.62. The van der Waals surface area contributed by atoms with E-state index in [1.54, 1.807) is 42.5 Å². The van der Waals surface area contributed by atoms with Crippen molar-refractivity contribution in [3.8, 4) is 0 Å². The Balaban J connectivity index is 0.000000345. The number of carbonyl (C=O) groups excluding carboxylic acids is 2. The lowest BCUT2D eigenvalue weighted by atomic mass is 10.2. The van der Waals surface area contributed by atoms with Crippen LogP contribution in [0.4, 0.5) is 11.4 Å². The van der Waals surface area contributed by atoms with E-state index in [4.69, 9.17) is 5.11 Å². The number of para-hydroxylation sites is 2. The maximum Gasteiger partial charge on any atom is 0.397 e. The molecule has 0 saturated carbocycles. The molecule has 0 aliphatic carbocycles. The first-order chi connectivity index (χ1) is 12.7. The van der Waals surface area contributed by atoms with Gasteiger partial charge in [-0.1, -0.05) is 34.7 Å². The van der Waals surface area contributed by atoms with Crippen LogP contribution in [0.5, 0.6) is 0 Å². The monoisotopic (exact) mass is 393 g/mol. The van der Waals surface area contributed by atoms with Gasteiger partial charge in [0.1, 0.15) is 5.69 Å². The lowest BCUT2D eigenvalue weighted by molar-refractivity contribution is -0.383. The van der Waals surface area contributed by atoms with E-state index in [0.29, 0.717) is 5.56 Å². The van der Waals surface area contributed by atoms with Gasteiger partial charge in [0.2, 0.25) is 0 Å². The molecule has 0 unspecified atom stereocenters. The highest BCUT2D eigenvalue weighted by Crippen LogP contribution is 2.23. The molecule has 0 bridgehead atoms. The Bertz CT molecular complexity index is 995. The number of amides is 2. The highest BCUT2D eigenvalue weighted by atomic mass is 32.2. The van der Waals surface area contributed by atoms with Crippen LogP contribution in [0.25, 0.3) is 0 Å². The number of carboxylic acids is 1. The first-order valence-electron chi connectivity index (χ1n) is 6.90. The Labute approximate surface area is 153 Å². The van der Waals surface area contributed by atoms with Crippen molar-refractivity contribution < 1.29 is 32.8 Å². The Morgan fingerprint density at radius 3 is 2.04 bits per heavy atom. The SMILES string of the molecule is O=C(Nc1ccccc1[N+](=O)[O-])c1ccccc1.O=C(O)C(=O)N=S(=O)=O. The Hall–Kier alpha value is -3.93. The first kappa shape index (κ1) is 21.1. The molecule has 140 valence electrons. The van der Waals surface area contributed by atoms with Crippen LogP contribution in [0.2, 0.25) is 0 Å². The number of nitrogens with zero attached hydrogens (tertiary/aromatic N) is 2. The van der Waals surface area contributed by atoms with E-state index < -0.39 is 27.3 Å². The zero-order valence-corrected chi connectivity index (χ0v) is 14.1. The van der Waals surface area contributed by atoms with Gasteiger partial charge in [-0.05, 0) is 18.2 Å². The van der Waals surface area contributed by atoms with Crippen LogP contribution in [-0.4, -0.2) is 36.2 Å². The van der Waals surface area contributed by atoms with Gasteiger partial charge in [0.25, 0.3) is 11.6 Å². The predicted octanol–water partition coefficient (Wildman–Crippen LogP) is 1.51. The lowest BCUT2D eigenvalue weighted by Crippen LogP contribution is -2.12. The third kappa shape index (κ3) is 7.23. The minimum atomic E-state index is -2.97.